The molecule has 6 atom stereocenters. The normalized spacial score (nSPS) is 22.6. The van der Waals surface area contributed by atoms with Crippen molar-refractivity contribution < 1.29 is 128 Å². The number of cyclic esters (lactones) is 1. The number of hydrogen-bond donors (Lipinski definition) is 12. The first kappa shape index (κ1) is 44.2. The number of fused-ring (bicyclic) bond motifs is 6. The average molecular weight is 935 g/mol. The van der Waals surface area contributed by atoms with Crippen LogP contribution in [0.1, 0.15) is 52.9 Å². The molecule has 3 aliphatic heterocycles. The van der Waals surface area contributed by atoms with Gasteiger partial charge in [0.15, 0.2) is 64.0 Å². The van der Waals surface area contributed by atoms with E-state index in [9.17, 15) is 99.6 Å². The van der Waals surface area contributed by atoms with Crippen LogP contribution in [0.25, 0.3) is 11.1 Å². The van der Waals surface area contributed by atoms with Gasteiger partial charge in [-0.2, -0.15) is 0 Å². The molecule has 0 spiro atoms. The number of aromatic hydroxyl groups is 12. The summed E-state index contributed by atoms with van der Waals surface area (Å²) >= 11 is 0. The van der Waals surface area contributed by atoms with Crippen molar-refractivity contribution in [1.29, 1.82) is 0 Å². The van der Waals surface area contributed by atoms with Crippen LogP contribution in [-0.2, 0) is 47.6 Å². The molecule has 1 aliphatic carbocycles. The number of rotatable bonds is 2. The zero-order valence-electron chi connectivity index (χ0n) is 32.7. The highest BCUT2D eigenvalue weighted by Crippen LogP contribution is 2.53. The lowest BCUT2D eigenvalue weighted by atomic mass is 9.78. The molecule has 0 saturated carbocycles. The minimum atomic E-state index is -2.63. The van der Waals surface area contributed by atoms with Crippen LogP contribution in [0.5, 0.6) is 69.0 Å². The van der Waals surface area contributed by atoms with E-state index in [1.807, 2.05) is 0 Å². The van der Waals surface area contributed by atoms with Gasteiger partial charge in [-0.3, -0.25) is 14.4 Å². The molecule has 12 N–H and O–H groups in total. The average Bonchev–Trinajstić information content (AvgIpc) is 3.28. The molecular weight excluding hydrogens is 908 g/mol. The lowest BCUT2D eigenvalue weighted by Gasteiger charge is -2.44. The van der Waals surface area contributed by atoms with Gasteiger partial charge in [0.1, 0.15) is 12.7 Å². The largest absolute Gasteiger partial charge is 0.504 e. The second-order valence-corrected chi connectivity index (χ2v) is 14.7. The van der Waals surface area contributed by atoms with Crippen LogP contribution in [0.4, 0.5) is 0 Å². The molecule has 4 aromatic carbocycles. The first-order valence-corrected chi connectivity index (χ1v) is 18.6. The molecule has 346 valence electrons. The van der Waals surface area contributed by atoms with Crippen LogP contribution in [0.3, 0.4) is 0 Å². The molecule has 4 aliphatic rings. The monoisotopic (exact) mass is 934 g/mol. The van der Waals surface area contributed by atoms with Crippen molar-refractivity contribution >= 4 is 47.2 Å². The number of phenolic OH excluding ortho intramolecular Hbond substituents is 12. The fraction of sp³-hybridized carbons (Fsp3) is 0.171. The highest BCUT2D eigenvalue weighted by atomic mass is 16.7. The number of hydrogen-bond acceptors (Lipinski definition) is 26. The number of carbonyl (C=O) groups is 8. The Morgan fingerprint density at radius 3 is 1.58 bits per heavy atom. The van der Waals surface area contributed by atoms with Gasteiger partial charge in [0, 0.05) is 22.8 Å². The number of allylic oxidation sites excluding steroid dienone is 1. The highest BCUT2D eigenvalue weighted by Gasteiger charge is 2.57. The predicted molar refractivity (Wildman–Crippen MR) is 203 cm³/mol. The molecule has 1 fully saturated rings. The van der Waals surface area contributed by atoms with Gasteiger partial charge in [0.2, 0.25) is 41.2 Å². The van der Waals surface area contributed by atoms with Gasteiger partial charge >= 0.3 is 29.8 Å². The van der Waals surface area contributed by atoms with Gasteiger partial charge in [-0.1, -0.05) is 0 Å². The van der Waals surface area contributed by atoms with Crippen molar-refractivity contribution in [1.82, 2.24) is 0 Å². The SMILES string of the molecule is O=C1C=C2C(=O)O[C@H]3[C@H](OC(=O)c4cc(O)c(O)c(O)c4)O[C@@H]4COC(=O)c5cc(O)c(O)c(O)c5-c5c(cc(O)c(O)c5O)C(=O)O[C@H]3[C@@H]4OC(=O)c3cc(O)c(O)c(O)c3[C@H]2C(=O)C1=O. The van der Waals surface area contributed by atoms with Crippen molar-refractivity contribution in [2.24, 2.45) is 0 Å². The van der Waals surface area contributed by atoms with Crippen LogP contribution >= 0.6 is 0 Å². The smallest absolute Gasteiger partial charge is 0.340 e. The van der Waals surface area contributed by atoms with E-state index in [4.69, 9.17) is 28.4 Å². The minimum absolute atomic E-state index is 0.206. The van der Waals surface area contributed by atoms with E-state index in [2.05, 4.69) is 0 Å². The Labute approximate surface area is 368 Å². The third kappa shape index (κ3) is 6.95. The van der Waals surface area contributed by atoms with Gasteiger partial charge in [0.25, 0.3) is 5.78 Å². The van der Waals surface area contributed by atoms with Crippen molar-refractivity contribution in [2.45, 2.75) is 36.6 Å². The number of phenols is 12. The van der Waals surface area contributed by atoms with Crippen molar-refractivity contribution in [3.05, 3.63) is 69.8 Å². The molecule has 1 saturated heterocycles. The zero-order chi connectivity index (χ0) is 48.8. The highest BCUT2D eigenvalue weighted by molar-refractivity contribution is 6.69. The molecule has 67 heavy (non-hydrogen) atoms. The summed E-state index contributed by atoms with van der Waals surface area (Å²) < 4.78 is 33.5. The Morgan fingerprint density at radius 1 is 0.522 bits per heavy atom. The van der Waals surface area contributed by atoms with E-state index in [0.717, 1.165) is 0 Å². The summed E-state index contributed by atoms with van der Waals surface area (Å²) in [6.45, 7) is -1.31. The Balaban J connectivity index is 1.39. The standard InChI is InChI=1S/C41H26O26/c42-13-1-8(2-14(43)24(13)48)36(57)67-41-35-34-33(64-38(59)10-4-16(45)27(51)31(55)22(10)23-12(40(61)66-35)6-18(47)28(52)32(23)56)19(63-41)7-62-37(58)9-3-15(44)25(49)29(53)20(9)21-11(39(60)65-34)5-17(46)26(50)30(21)54/h1-6,19,23,33-35,41-46,48-51,53-55H,7H2/t19-,23+,33-,34+,35-,41+/m1/s1. The number of ketones is 3. The lowest BCUT2D eigenvalue weighted by molar-refractivity contribution is -0.287. The summed E-state index contributed by atoms with van der Waals surface area (Å²) in [5.74, 6) is -32.8. The topological polar surface area (TPSA) is 435 Å². The number of Topliss-reactive ketones (excluding diaryl/α,β-unsaturated/α-hetero) is 2. The fourth-order valence-electron chi connectivity index (χ4n) is 7.59. The van der Waals surface area contributed by atoms with E-state index in [-0.39, 0.29) is 6.08 Å². The number of esters is 5. The van der Waals surface area contributed by atoms with Crippen molar-refractivity contribution in [2.75, 3.05) is 6.61 Å². The Bertz CT molecular complexity index is 3000. The maximum atomic E-state index is 14.6. The van der Waals surface area contributed by atoms with Crippen molar-refractivity contribution in [3.8, 4) is 80.1 Å². The molecule has 4 aromatic rings. The summed E-state index contributed by atoms with van der Waals surface area (Å²) in [5, 5.41) is 126. The van der Waals surface area contributed by atoms with Crippen LogP contribution in [-0.4, -0.2) is 146 Å². The zero-order valence-corrected chi connectivity index (χ0v) is 32.7. The van der Waals surface area contributed by atoms with E-state index < -0.39 is 204 Å². The van der Waals surface area contributed by atoms with Gasteiger partial charge in [-0.05, 0) is 30.3 Å². The molecule has 4 bridgehead atoms. The quantitative estimate of drug-likeness (QED) is 0.0544. The molecule has 0 unspecified atom stereocenters. The molecule has 8 rings (SSSR count). The number of ether oxygens (including phenoxy) is 6. The predicted octanol–water partition coefficient (Wildman–Crippen LogP) is -0.0196. The van der Waals surface area contributed by atoms with Gasteiger partial charge in [-0.15, -0.1) is 0 Å². The molecule has 3 heterocycles. The minimum Gasteiger partial charge on any atom is -0.504 e. The van der Waals surface area contributed by atoms with Crippen LogP contribution < -0.4 is 0 Å². The van der Waals surface area contributed by atoms with Gasteiger partial charge in [0.05, 0.1) is 33.7 Å². The summed E-state index contributed by atoms with van der Waals surface area (Å²) in [4.78, 5) is 110. The maximum absolute atomic E-state index is 14.6. The Kier molecular flexibility index (Phi) is 10.3. The Morgan fingerprint density at radius 2 is 1.00 bits per heavy atom. The van der Waals surface area contributed by atoms with E-state index in [0.29, 0.717) is 30.3 Å². The summed E-state index contributed by atoms with van der Waals surface area (Å²) in [5.41, 5.74) is -8.77. The molecule has 0 amide bonds. The summed E-state index contributed by atoms with van der Waals surface area (Å²) in [7, 11) is 0. The first-order valence-electron chi connectivity index (χ1n) is 18.6. The van der Waals surface area contributed by atoms with Gasteiger partial charge in [-0.25, -0.2) is 24.0 Å². The van der Waals surface area contributed by atoms with E-state index in [1.165, 1.54) is 0 Å². The third-order valence-corrected chi connectivity index (χ3v) is 10.8. The fourth-order valence-corrected chi connectivity index (χ4v) is 7.59. The van der Waals surface area contributed by atoms with E-state index >= 15 is 0 Å². The third-order valence-electron chi connectivity index (χ3n) is 10.8. The molecule has 0 radical (unpaired) electrons. The lowest BCUT2D eigenvalue weighted by Crippen LogP contribution is -2.63. The summed E-state index contributed by atoms with van der Waals surface area (Å²) in [6.07, 6.45) is -12.2. The first-order chi connectivity index (χ1) is 31.5. The molecule has 26 heteroatoms. The maximum Gasteiger partial charge on any atom is 0.340 e. The van der Waals surface area contributed by atoms with Crippen molar-refractivity contribution in [3.63, 3.8) is 0 Å². The van der Waals surface area contributed by atoms with Crippen LogP contribution in [0, 0.1) is 0 Å². The second kappa shape index (κ2) is 15.7. The van der Waals surface area contributed by atoms with Crippen LogP contribution in [0.15, 0.2) is 42.0 Å². The molecule has 0 aromatic heterocycles. The molecular formula is C41H26O26. The second-order valence-electron chi connectivity index (χ2n) is 14.7. The summed E-state index contributed by atoms with van der Waals surface area (Å²) in [6, 6.07) is 2.24. The Hall–Kier alpha value is -9.46. The number of carbonyl (C=O) groups excluding carboxylic acids is 8. The van der Waals surface area contributed by atoms with Gasteiger partial charge < -0.3 is 89.7 Å². The van der Waals surface area contributed by atoms with Crippen LogP contribution in [0.2, 0.25) is 0 Å². The molecule has 26 nitrogen and oxygen atoms in total. The van der Waals surface area contributed by atoms with E-state index in [1.54, 1.807) is 0 Å². The number of benzene rings is 4.